The maximum Gasteiger partial charge on any atom is 0.119 e. The number of aryl methyl sites for hydroxylation is 2. The van der Waals surface area contributed by atoms with Gasteiger partial charge in [-0.25, -0.2) is 0 Å². The van der Waals surface area contributed by atoms with Crippen LogP contribution in [0, 0.1) is 6.92 Å². The van der Waals surface area contributed by atoms with Gasteiger partial charge in [0.1, 0.15) is 5.75 Å². The minimum Gasteiger partial charge on any atom is -0.497 e. The monoisotopic (exact) mass is 200 g/mol. The van der Waals surface area contributed by atoms with Crippen LogP contribution < -0.4 is 4.74 Å². The fourth-order valence-electron chi connectivity index (χ4n) is 1.94. The molecule has 0 N–H and O–H groups in total. The first-order valence-electron chi connectivity index (χ1n) is 5.32. The van der Waals surface area contributed by atoms with Gasteiger partial charge in [-0.2, -0.15) is 0 Å². The predicted octanol–water partition coefficient (Wildman–Crippen LogP) is 3.72. The normalized spacial score (nSPS) is 10.6. The van der Waals surface area contributed by atoms with Gasteiger partial charge in [0.15, 0.2) is 0 Å². The molecule has 0 aliphatic heterocycles. The highest BCUT2D eigenvalue weighted by molar-refractivity contribution is 5.85. The van der Waals surface area contributed by atoms with Crippen LogP contribution in [-0.2, 0) is 6.42 Å². The summed E-state index contributed by atoms with van der Waals surface area (Å²) in [6.45, 7) is 4.36. The van der Waals surface area contributed by atoms with E-state index in [2.05, 4.69) is 38.1 Å². The van der Waals surface area contributed by atoms with Crippen molar-refractivity contribution < 1.29 is 4.74 Å². The third-order valence-electron chi connectivity index (χ3n) is 2.88. The molecule has 0 spiro atoms. The number of methoxy groups -OCH3 is 1. The summed E-state index contributed by atoms with van der Waals surface area (Å²) in [5, 5.41) is 2.54. The van der Waals surface area contributed by atoms with Crippen molar-refractivity contribution in [1.82, 2.24) is 0 Å². The van der Waals surface area contributed by atoms with Gasteiger partial charge in [0, 0.05) is 0 Å². The van der Waals surface area contributed by atoms with E-state index in [1.807, 2.05) is 6.07 Å². The second-order valence-corrected chi connectivity index (χ2v) is 3.85. The number of benzene rings is 2. The Kier molecular flexibility index (Phi) is 2.63. The summed E-state index contributed by atoms with van der Waals surface area (Å²) >= 11 is 0. The van der Waals surface area contributed by atoms with Gasteiger partial charge in [-0.1, -0.05) is 25.1 Å². The Bertz CT molecular complexity index is 486. The first-order chi connectivity index (χ1) is 7.24. The molecule has 2 aromatic carbocycles. The maximum absolute atomic E-state index is 5.23. The number of hydrogen-bond donors (Lipinski definition) is 0. The lowest BCUT2D eigenvalue weighted by molar-refractivity contribution is 0.415. The highest BCUT2D eigenvalue weighted by Gasteiger charge is 2.01. The molecule has 0 saturated carbocycles. The Labute approximate surface area is 90.7 Å². The topological polar surface area (TPSA) is 9.23 Å². The summed E-state index contributed by atoms with van der Waals surface area (Å²) in [7, 11) is 1.70. The molecule has 1 heteroatoms. The van der Waals surface area contributed by atoms with Gasteiger partial charge in [0.2, 0.25) is 0 Å². The zero-order valence-corrected chi connectivity index (χ0v) is 9.50. The fourth-order valence-corrected chi connectivity index (χ4v) is 1.94. The Hall–Kier alpha value is -1.50. The number of hydrogen-bond acceptors (Lipinski definition) is 1. The summed E-state index contributed by atoms with van der Waals surface area (Å²) in [4.78, 5) is 0. The Balaban J connectivity index is 2.66. The van der Waals surface area contributed by atoms with Crippen molar-refractivity contribution in [2.75, 3.05) is 7.11 Å². The number of ether oxygens (including phenoxy) is 1. The van der Waals surface area contributed by atoms with Gasteiger partial charge in [-0.3, -0.25) is 0 Å². The van der Waals surface area contributed by atoms with E-state index in [-0.39, 0.29) is 0 Å². The lowest BCUT2D eigenvalue weighted by Gasteiger charge is -2.07. The van der Waals surface area contributed by atoms with Crippen molar-refractivity contribution in [3.8, 4) is 5.75 Å². The zero-order valence-electron chi connectivity index (χ0n) is 9.50. The minimum atomic E-state index is 0.924. The molecule has 0 aliphatic carbocycles. The standard InChI is InChI=1S/C14H16O/c1-4-11-8-13-9-14(15-3)6-5-12(13)7-10(11)2/h5-9H,4H2,1-3H3. The Morgan fingerprint density at radius 2 is 1.87 bits per heavy atom. The van der Waals surface area contributed by atoms with Crippen molar-refractivity contribution >= 4 is 10.8 Å². The molecule has 0 aromatic heterocycles. The molecule has 0 amide bonds. The molecule has 1 nitrogen and oxygen atoms in total. The van der Waals surface area contributed by atoms with E-state index in [0.29, 0.717) is 0 Å². The van der Waals surface area contributed by atoms with Gasteiger partial charge < -0.3 is 4.74 Å². The van der Waals surface area contributed by atoms with Crippen molar-refractivity contribution in [3.63, 3.8) is 0 Å². The van der Waals surface area contributed by atoms with Crippen LogP contribution in [0.4, 0.5) is 0 Å². The van der Waals surface area contributed by atoms with Crippen molar-refractivity contribution in [3.05, 3.63) is 41.5 Å². The molecule has 0 bridgehead atoms. The minimum absolute atomic E-state index is 0.924. The van der Waals surface area contributed by atoms with Crippen LogP contribution >= 0.6 is 0 Å². The molecule has 0 fully saturated rings. The van der Waals surface area contributed by atoms with E-state index in [9.17, 15) is 0 Å². The molecule has 0 atom stereocenters. The summed E-state index contributed by atoms with van der Waals surface area (Å²) in [6, 6.07) is 10.7. The van der Waals surface area contributed by atoms with E-state index >= 15 is 0 Å². The fraction of sp³-hybridized carbons (Fsp3) is 0.286. The largest absolute Gasteiger partial charge is 0.497 e. The van der Waals surface area contributed by atoms with Crippen LogP contribution in [0.2, 0.25) is 0 Å². The summed E-state index contributed by atoms with van der Waals surface area (Å²) in [5.74, 6) is 0.924. The lowest BCUT2D eigenvalue weighted by Crippen LogP contribution is -1.88. The molecule has 0 aliphatic rings. The Morgan fingerprint density at radius 3 is 2.53 bits per heavy atom. The van der Waals surface area contributed by atoms with Crippen LogP contribution in [0.1, 0.15) is 18.1 Å². The molecular weight excluding hydrogens is 184 g/mol. The first kappa shape index (κ1) is 10.0. The van der Waals surface area contributed by atoms with E-state index in [1.54, 1.807) is 7.11 Å². The highest BCUT2D eigenvalue weighted by Crippen LogP contribution is 2.24. The predicted molar refractivity (Wildman–Crippen MR) is 64.6 cm³/mol. The lowest BCUT2D eigenvalue weighted by atomic mass is 10.0. The van der Waals surface area contributed by atoms with E-state index in [0.717, 1.165) is 12.2 Å². The van der Waals surface area contributed by atoms with Crippen LogP contribution in [-0.4, -0.2) is 7.11 Å². The SMILES string of the molecule is CCc1cc2cc(OC)ccc2cc1C. The average Bonchev–Trinajstić information content (AvgIpc) is 2.27. The first-order valence-corrected chi connectivity index (χ1v) is 5.32. The van der Waals surface area contributed by atoms with Crippen molar-refractivity contribution in [2.45, 2.75) is 20.3 Å². The van der Waals surface area contributed by atoms with Gasteiger partial charge in [-0.15, -0.1) is 0 Å². The van der Waals surface area contributed by atoms with E-state index in [1.165, 1.54) is 21.9 Å². The molecule has 78 valence electrons. The molecule has 0 unspecified atom stereocenters. The molecule has 2 rings (SSSR count). The van der Waals surface area contributed by atoms with Crippen molar-refractivity contribution in [2.24, 2.45) is 0 Å². The van der Waals surface area contributed by atoms with Crippen molar-refractivity contribution in [1.29, 1.82) is 0 Å². The molecule has 2 aromatic rings. The van der Waals surface area contributed by atoms with Gasteiger partial charge in [0.25, 0.3) is 0 Å². The molecule has 0 heterocycles. The second-order valence-electron chi connectivity index (χ2n) is 3.85. The highest BCUT2D eigenvalue weighted by atomic mass is 16.5. The maximum atomic E-state index is 5.23. The van der Waals surface area contributed by atoms with Gasteiger partial charge in [-0.05, 0) is 47.4 Å². The number of rotatable bonds is 2. The number of fused-ring (bicyclic) bond motifs is 1. The third kappa shape index (κ3) is 1.82. The summed E-state index contributed by atoms with van der Waals surface area (Å²) in [5.41, 5.74) is 2.78. The molecule has 0 saturated heterocycles. The van der Waals surface area contributed by atoms with Crippen LogP contribution in [0.5, 0.6) is 5.75 Å². The Morgan fingerprint density at radius 1 is 1.07 bits per heavy atom. The second kappa shape index (κ2) is 3.93. The quantitative estimate of drug-likeness (QED) is 0.718. The average molecular weight is 200 g/mol. The van der Waals surface area contributed by atoms with Crippen LogP contribution in [0.25, 0.3) is 10.8 Å². The van der Waals surface area contributed by atoms with Crippen LogP contribution in [0.15, 0.2) is 30.3 Å². The smallest absolute Gasteiger partial charge is 0.119 e. The third-order valence-corrected chi connectivity index (χ3v) is 2.88. The zero-order chi connectivity index (χ0) is 10.8. The molecule has 15 heavy (non-hydrogen) atoms. The van der Waals surface area contributed by atoms with Gasteiger partial charge in [0.05, 0.1) is 7.11 Å². The van der Waals surface area contributed by atoms with Gasteiger partial charge >= 0.3 is 0 Å². The summed E-state index contributed by atoms with van der Waals surface area (Å²) < 4.78 is 5.23. The molecular formula is C14H16O. The molecule has 0 radical (unpaired) electrons. The van der Waals surface area contributed by atoms with Crippen LogP contribution in [0.3, 0.4) is 0 Å². The van der Waals surface area contributed by atoms with E-state index in [4.69, 9.17) is 4.74 Å². The summed E-state index contributed by atoms with van der Waals surface area (Å²) in [6.07, 6.45) is 1.08. The van der Waals surface area contributed by atoms with E-state index < -0.39 is 0 Å².